The average molecular weight is 230 g/mol. The topological polar surface area (TPSA) is 66.4 Å². The Labute approximate surface area is 96.9 Å². The van der Waals surface area contributed by atoms with Gasteiger partial charge in [0.1, 0.15) is 5.69 Å². The van der Waals surface area contributed by atoms with Crippen molar-refractivity contribution in [3.05, 3.63) is 36.3 Å². The molecule has 17 heavy (non-hydrogen) atoms. The monoisotopic (exact) mass is 230 g/mol. The van der Waals surface area contributed by atoms with Crippen molar-refractivity contribution in [1.29, 1.82) is 0 Å². The summed E-state index contributed by atoms with van der Waals surface area (Å²) in [5.74, 6) is -0.0796. The van der Waals surface area contributed by atoms with E-state index in [1.807, 2.05) is 22.9 Å². The second-order valence-electron chi connectivity index (χ2n) is 4.49. The summed E-state index contributed by atoms with van der Waals surface area (Å²) < 4.78 is 1.82. The van der Waals surface area contributed by atoms with Crippen LogP contribution in [-0.4, -0.2) is 27.1 Å². The molecule has 3 aliphatic heterocycles. The van der Waals surface area contributed by atoms with Gasteiger partial charge in [-0.15, -0.1) is 0 Å². The van der Waals surface area contributed by atoms with Crippen molar-refractivity contribution in [2.45, 2.75) is 18.2 Å². The number of hydrogen-bond acceptors (Lipinski definition) is 2. The zero-order valence-electron chi connectivity index (χ0n) is 8.88. The first-order chi connectivity index (χ1) is 8.22. The minimum atomic E-state index is -0.666. The molecule has 1 spiro atoms. The van der Waals surface area contributed by atoms with Crippen molar-refractivity contribution in [2.75, 3.05) is 0 Å². The summed E-state index contributed by atoms with van der Waals surface area (Å²) in [5.41, 5.74) is -0.0682. The van der Waals surface area contributed by atoms with E-state index in [-0.39, 0.29) is 18.1 Å². The highest BCUT2D eigenvalue weighted by Gasteiger charge is 2.57. The Hall–Kier alpha value is -2.24. The van der Waals surface area contributed by atoms with Crippen molar-refractivity contribution >= 4 is 11.9 Å². The zero-order chi connectivity index (χ0) is 11.6. The molecule has 3 aliphatic rings. The van der Waals surface area contributed by atoms with Gasteiger partial charge in [0.25, 0.3) is 5.91 Å². The average Bonchev–Trinajstić information content (AvgIpc) is 2.96. The Bertz CT molecular complexity index is 576. The lowest BCUT2D eigenvalue weighted by atomic mass is 10.0. The molecular weight excluding hydrogens is 220 g/mol. The Morgan fingerprint density at radius 1 is 1.41 bits per heavy atom. The van der Waals surface area contributed by atoms with E-state index >= 15 is 0 Å². The molecule has 86 valence electrons. The van der Waals surface area contributed by atoms with Gasteiger partial charge in [-0.3, -0.25) is 9.69 Å². The molecule has 2 N–H and O–H groups in total. The molecule has 1 saturated heterocycles. The van der Waals surface area contributed by atoms with E-state index in [4.69, 9.17) is 0 Å². The van der Waals surface area contributed by atoms with Gasteiger partial charge >= 0.3 is 6.03 Å². The molecule has 0 aliphatic carbocycles. The highest BCUT2D eigenvalue weighted by molar-refractivity contribution is 5.96. The van der Waals surface area contributed by atoms with Crippen LogP contribution in [0.5, 0.6) is 0 Å². The molecule has 1 fully saturated rings. The quantitative estimate of drug-likeness (QED) is 0.676. The van der Waals surface area contributed by atoms with Crippen LogP contribution in [-0.2, 0) is 0 Å². The van der Waals surface area contributed by atoms with Crippen molar-refractivity contribution in [3.8, 4) is 0 Å². The van der Waals surface area contributed by atoms with E-state index in [2.05, 4.69) is 10.6 Å². The number of amides is 3. The summed E-state index contributed by atoms with van der Waals surface area (Å²) in [5, 5.41) is 5.72. The number of aromatic nitrogens is 1. The molecule has 0 bridgehead atoms. The van der Waals surface area contributed by atoms with Crippen LogP contribution in [0.4, 0.5) is 4.79 Å². The Kier molecular flexibility index (Phi) is 1.32. The first-order valence-corrected chi connectivity index (χ1v) is 5.48. The van der Waals surface area contributed by atoms with Gasteiger partial charge in [0.05, 0.1) is 0 Å². The molecule has 2 atom stereocenters. The Morgan fingerprint density at radius 2 is 2.29 bits per heavy atom. The van der Waals surface area contributed by atoms with Gasteiger partial charge in [0, 0.05) is 18.8 Å². The molecule has 0 unspecified atom stereocenters. The summed E-state index contributed by atoms with van der Waals surface area (Å²) >= 11 is 0. The molecular formula is C11H10N4O2. The highest BCUT2D eigenvalue weighted by atomic mass is 16.2. The molecule has 6 nitrogen and oxygen atoms in total. The smallest absolute Gasteiger partial charge is 0.318 e. The maximum Gasteiger partial charge on any atom is 0.318 e. The normalized spacial score (nSPS) is 32.9. The second kappa shape index (κ2) is 2.53. The lowest BCUT2D eigenvalue weighted by Gasteiger charge is -2.42. The minimum absolute atomic E-state index is 0.0796. The summed E-state index contributed by atoms with van der Waals surface area (Å²) in [6, 6.07) is 3.35. The summed E-state index contributed by atoms with van der Waals surface area (Å²) in [7, 11) is 0. The van der Waals surface area contributed by atoms with Crippen LogP contribution >= 0.6 is 0 Å². The standard InChI is InChI=1S/C11H10N4O2/c16-8-7-3-1-5-14(7)9-11(13-10(17)12-9)4-2-6-15(8)11/h1-3,5-6,9H,4H2,(H2,12,13,17)/t9-,11+/m0/s1. The van der Waals surface area contributed by atoms with Gasteiger partial charge in [-0.25, -0.2) is 4.79 Å². The van der Waals surface area contributed by atoms with Crippen LogP contribution in [0.25, 0.3) is 0 Å². The highest BCUT2D eigenvalue weighted by Crippen LogP contribution is 2.41. The fourth-order valence-corrected chi connectivity index (χ4v) is 2.94. The predicted molar refractivity (Wildman–Crippen MR) is 57.8 cm³/mol. The van der Waals surface area contributed by atoms with Crippen molar-refractivity contribution in [3.63, 3.8) is 0 Å². The van der Waals surface area contributed by atoms with E-state index < -0.39 is 5.66 Å². The molecule has 0 aromatic carbocycles. The fourth-order valence-electron chi connectivity index (χ4n) is 2.94. The van der Waals surface area contributed by atoms with Crippen molar-refractivity contribution in [1.82, 2.24) is 20.1 Å². The predicted octanol–water partition coefficient (Wildman–Crippen LogP) is 0.369. The van der Waals surface area contributed by atoms with Gasteiger partial charge in [-0.05, 0) is 12.1 Å². The largest absolute Gasteiger partial charge is 0.318 e. The minimum Gasteiger partial charge on any atom is -0.318 e. The van der Waals surface area contributed by atoms with Crippen LogP contribution in [0, 0.1) is 0 Å². The zero-order valence-corrected chi connectivity index (χ0v) is 8.88. The van der Waals surface area contributed by atoms with Crippen molar-refractivity contribution < 1.29 is 9.59 Å². The Balaban J connectivity index is 1.98. The van der Waals surface area contributed by atoms with Crippen LogP contribution in [0.3, 0.4) is 0 Å². The molecule has 0 saturated carbocycles. The summed E-state index contributed by atoms with van der Waals surface area (Å²) in [6.07, 6.45) is 5.86. The summed E-state index contributed by atoms with van der Waals surface area (Å²) in [6.45, 7) is 0. The van der Waals surface area contributed by atoms with Gasteiger partial charge in [0.2, 0.25) is 0 Å². The molecule has 1 aromatic rings. The number of fused-ring (bicyclic) bond motifs is 2. The van der Waals surface area contributed by atoms with Gasteiger partial charge in [0.15, 0.2) is 11.8 Å². The van der Waals surface area contributed by atoms with Crippen LogP contribution in [0.15, 0.2) is 30.6 Å². The number of carbonyl (C=O) groups excluding carboxylic acids is 2. The Morgan fingerprint density at radius 3 is 3.18 bits per heavy atom. The van der Waals surface area contributed by atoms with Gasteiger partial charge < -0.3 is 15.2 Å². The maximum absolute atomic E-state index is 12.3. The third kappa shape index (κ3) is 0.834. The number of rotatable bonds is 0. The third-order valence-electron chi connectivity index (χ3n) is 3.66. The lowest BCUT2D eigenvalue weighted by molar-refractivity contribution is 0.0402. The number of nitrogens with zero attached hydrogens (tertiary/aromatic N) is 2. The first kappa shape index (κ1) is 8.86. The van der Waals surface area contributed by atoms with E-state index in [9.17, 15) is 9.59 Å². The fraction of sp³-hybridized carbons (Fsp3) is 0.273. The number of urea groups is 1. The number of nitrogens with one attached hydrogen (secondary N) is 2. The third-order valence-corrected chi connectivity index (χ3v) is 3.66. The van der Waals surface area contributed by atoms with Crippen LogP contribution in [0.2, 0.25) is 0 Å². The van der Waals surface area contributed by atoms with Crippen molar-refractivity contribution in [2.24, 2.45) is 0 Å². The second-order valence-corrected chi connectivity index (χ2v) is 4.49. The number of carbonyl (C=O) groups is 2. The molecule has 0 radical (unpaired) electrons. The first-order valence-electron chi connectivity index (χ1n) is 5.48. The van der Waals surface area contributed by atoms with E-state index in [0.717, 1.165) is 0 Å². The van der Waals surface area contributed by atoms with E-state index in [0.29, 0.717) is 12.1 Å². The molecule has 1 aromatic heterocycles. The molecule has 4 heterocycles. The molecule has 3 amide bonds. The SMILES string of the molecule is O=C1N[C@H]2n3cccc3C(=O)N3C=CC[C@]23N1. The van der Waals surface area contributed by atoms with Crippen LogP contribution in [0.1, 0.15) is 23.1 Å². The maximum atomic E-state index is 12.3. The van der Waals surface area contributed by atoms with E-state index in [1.54, 1.807) is 17.2 Å². The summed E-state index contributed by atoms with van der Waals surface area (Å²) in [4.78, 5) is 25.5. The molecule has 4 rings (SSSR count). The van der Waals surface area contributed by atoms with Crippen LogP contribution < -0.4 is 10.6 Å². The number of hydrogen-bond donors (Lipinski definition) is 2. The molecule has 6 heteroatoms. The lowest BCUT2D eigenvalue weighted by Crippen LogP contribution is -2.61. The van der Waals surface area contributed by atoms with Gasteiger partial charge in [-0.1, -0.05) is 6.08 Å². The van der Waals surface area contributed by atoms with E-state index in [1.165, 1.54) is 0 Å². The van der Waals surface area contributed by atoms with Gasteiger partial charge in [-0.2, -0.15) is 0 Å².